The van der Waals surface area contributed by atoms with Crippen LogP contribution in [0.2, 0.25) is 0 Å². The number of nitrogens with zero attached hydrogens (tertiary/aromatic N) is 2. The highest BCUT2D eigenvalue weighted by atomic mass is 79.9. The summed E-state index contributed by atoms with van der Waals surface area (Å²) in [7, 11) is 1.96. The summed E-state index contributed by atoms with van der Waals surface area (Å²) in [5, 5.41) is 17.5. The van der Waals surface area contributed by atoms with E-state index in [1.54, 1.807) is 0 Å². The van der Waals surface area contributed by atoms with Gasteiger partial charge in [-0.1, -0.05) is 0 Å². The van der Waals surface area contributed by atoms with Crippen molar-refractivity contribution >= 4 is 31.9 Å². The molecule has 0 bridgehead atoms. The van der Waals surface area contributed by atoms with E-state index in [4.69, 9.17) is 0 Å². The summed E-state index contributed by atoms with van der Waals surface area (Å²) in [6.45, 7) is 5.61. The quantitative estimate of drug-likeness (QED) is 0.821. The van der Waals surface area contributed by atoms with Gasteiger partial charge in [-0.15, -0.1) is 0 Å². The third-order valence-electron chi connectivity index (χ3n) is 3.37. The minimum Gasteiger partial charge on any atom is -0.506 e. The first-order chi connectivity index (χ1) is 9.40. The molecular weight excluding hydrogens is 386 g/mol. The van der Waals surface area contributed by atoms with Crippen LogP contribution >= 0.6 is 31.9 Å². The lowest BCUT2D eigenvalue weighted by molar-refractivity contribution is 0.468. The van der Waals surface area contributed by atoms with Gasteiger partial charge >= 0.3 is 0 Å². The zero-order valence-electron chi connectivity index (χ0n) is 11.7. The summed E-state index contributed by atoms with van der Waals surface area (Å²) in [6, 6.07) is 3.83. The fraction of sp³-hybridized carbons (Fsp3) is 0.357. The van der Waals surface area contributed by atoms with Gasteiger partial charge in [-0.2, -0.15) is 5.10 Å². The standard InChI is InChI=1S/C14H17Br2N3O/c1-8-11(9(2)19(3)18-8)7-17-6-10-4-12(15)14(20)13(16)5-10/h4-5,17,20H,6-7H2,1-3H3. The Hall–Kier alpha value is -0.850. The molecule has 1 heterocycles. The molecule has 6 heteroatoms. The zero-order valence-corrected chi connectivity index (χ0v) is 14.8. The van der Waals surface area contributed by atoms with Crippen molar-refractivity contribution in [2.75, 3.05) is 0 Å². The van der Waals surface area contributed by atoms with Crippen LogP contribution in [0.1, 0.15) is 22.5 Å². The first-order valence-corrected chi connectivity index (χ1v) is 7.85. The molecule has 0 unspecified atom stereocenters. The molecule has 2 aromatic rings. The van der Waals surface area contributed by atoms with E-state index in [2.05, 4.69) is 49.2 Å². The minimum atomic E-state index is 0.229. The Morgan fingerprint density at radius 1 is 1.20 bits per heavy atom. The van der Waals surface area contributed by atoms with Gasteiger partial charge in [0, 0.05) is 31.4 Å². The fourth-order valence-electron chi connectivity index (χ4n) is 2.13. The van der Waals surface area contributed by atoms with Crippen LogP contribution in [-0.2, 0) is 20.1 Å². The van der Waals surface area contributed by atoms with E-state index >= 15 is 0 Å². The highest BCUT2D eigenvalue weighted by molar-refractivity contribution is 9.11. The highest BCUT2D eigenvalue weighted by Crippen LogP contribution is 2.33. The van der Waals surface area contributed by atoms with Crippen molar-refractivity contribution < 1.29 is 5.11 Å². The molecule has 0 atom stereocenters. The van der Waals surface area contributed by atoms with E-state index in [1.807, 2.05) is 30.8 Å². The van der Waals surface area contributed by atoms with E-state index in [9.17, 15) is 5.11 Å². The van der Waals surface area contributed by atoms with Crippen molar-refractivity contribution in [1.29, 1.82) is 0 Å². The molecule has 0 aliphatic carbocycles. The predicted molar refractivity (Wildman–Crippen MR) is 86.7 cm³/mol. The van der Waals surface area contributed by atoms with Gasteiger partial charge in [-0.3, -0.25) is 4.68 Å². The third kappa shape index (κ3) is 3.24. The molecule has 2 rings (SSSR count). The number of benzene rings is 1. The molecule has 0 aliphatic rings. The minimum absolute atomic E-state index is 0.229. The van der Waals surface area contributed by atoms with Gasteiger partial charge in [0.2, 0.25) is 0 Å². The van der Waals surface area contributed by atoms with Crippen LogP contribution in [0.25, 0.3) is 0 Å². The molecule has 20 heavy (non-hydrogen) atoms. The summed E-state index contributed by atoms with van der Waals surface area (Å²) >= 11 is 6.68. The molecule has 0 spiro atoms. The number of halogens is 2. The van der Waals surface area contributed by atoms with E-state index < -0.39 is 0 Å². The maximum Gasteiger partial charge on any atom is 0.143 e. The van der Waals surface area contributed by atoms with Gasteiger partial charge < -0.3 is 10.4 Å². The van der Waals surface area contributed by atoms with Gasteiger partial charge in [0.25, 0.3) is 0 Å². The van der Waals surface area contributed by atoms with Crippen molar-refractivity contribution in [3.63, 3.8) is 0 Å². The number of hydrogen-bond donors (Lipinski definition) is 2. The lowest BCUT2D eigenvalue weighted by atomic mass is 10.2. The summed E-state index contributed by atoms with van der Waals surface area (Å²) in [5.41, 5.74) is 4.58. The molecule has 108 valence electrons. The Balaban J connectivity index is 2.03. The van der Waals surface area contributed by atoms with Crippen LogP contribution in [0, 0.1) is 13.8 Å². The number of nitrogens with one attached hydrogen (secondary N) is 1. The van der Waals surface area contributed by atoms with Crippen LogP contribution in [0.3, 0.4) is 0 Å². The lowest BCUT2D eigenvalue weighted by Crippen LogP contribution is -2.14. The molecule has 0 radical (unpaired) electrons. The molecule has 0 saturated carbocycles. The summed E-state index contributed by atoms with van der Waals surface area (Å²) in [6.07, 6.45) is 0. The average molecular weight is 403 g/mol. The second-order valence-corrected chi connectivity index (χ2v) is 6.49. The number of phenolic OH excluding ortho intramolecular Hbond substituents is 1. The molecule has 0 saturated heterocycles. The van der Waals surface area contributed by atoms with Crippen molar-refractivity contribution in [2.45, 2.75) is 26.9 Å². The summed E-state index contributed by atoms with van der Waals surface area (Å²) in [5.74, 6) is 0.229. The SMILES string of the molecule is Cc1nn(C)c(C)c1CNCc1cc(Br)c(O)c(Br)c1. The molecule has 0 aliphatic heterocycles. The first kappa shape index (κ1) is 15.5. The Morgan fingerprint density at radius 3 is 2.30 bits per heavy atom. The van der Waals surface area contributed by atoms with Crippen molar-refractivity contribution in [3.8, 4) is 5.75 Å². The van der Waals surface area contributed by atoms with Crippen molar-refractivity contribution in [2.24, 2.45) is 7.05 Å². The predicted octanol–water partition coefficient (Wildman–Crippen LogP) is 3.56. The monoisotopic (exact) mass is 401 g/mol. The Morgan fingerprint density at radius 2 is 1.80 bits per heavy atom. The number of hydrogen-bond acceptors (Lipinski definition) is 3. The molecule has 0 fully saturated rings. The molecule has 2 N–H and O–H groups in total. The first-order valence-electron chi connectivity index (χ1n) is 6.26. The third-order valence-corrected chi connectivity index (χ3v) is 4.58. The molecule has 0 amide bonds. The van der Waals surface area contributed by atoms with Crippen molar-refractivity contribution in [1.82, 2.24) is 15.1 Å². The number of rotatable bonds is 4. The maximum absolute atomic E-state index is 9.68. The lowest BCUT2D eigenvalue weighted by Gasteiger charge is -2.08. The van der Waals surface area contributed by atoms with E-state index in [0.717, 1.165) is 24.3 Å². The van der Waals surface area contributed by atoms with Gasteiger partial charge in [-0.05, 0) is 63.4 Å². The second-order valence-electron chi connectivity index (χ2n) is 4.78. The fourth-order valence-corrected chi connectivity index (χ4v) is 3.41. The van der Waals surface area contributed by atoms with E-state index in [0.29, 0.717) is 8.95 Å². The Kier molecular flexibility index (Phi) is 4.88. The van der Waals surface area contributed by atoms with Gasteiger partial charge in [0.05, 0.1) is 14.6 Å². The molecular formula is C14H17Br2N3O. The van der Waals surface area contributed by atoms with Gasteiger partial charge in [-0.25, -0.2) is 0 Å². The normalized spacial score (nSPS) is 11.1. The van der Waals surface area contributed by atoms with Crippen LogP contribution in [0.4, 0.5) is 0 Å². The van der Waals surface area contributed by atoms with Gasteiger partial charge in [0.1, 0.15) is 5.75 Å². The van der Waals surface area contributed by atoms with Crippen LogP contribution < -0.4 is 5.32 Å². The zero-order chi connectivity index (χ0) is 14.9. The van der Waals surface area contributed by atoms with Crippen molar-refractivity contribution in [3.05, 3.63) is 43.6 Å². The Bertz CT molecular complexity index is 615. The van der Waals surface area contributed by atoms with Gasteiger partial charge in [0.15, 0.2) is 0 Å². The van der Waals surface area contributed by atoms with E-state index in [-0.39, 0.29) is 5.75 Å². The Labute approximate surface area is 135 Å². The topological polar surface area (TPSA) is 50.1 Å². The van der Waals surface area contributed by atoms with E-state index in [1.165, 1.54) is 11.3 Å². The van der Waals surface area contributed by atoms with Crippen LogP contribution in [-0.4, -0.2) is 14.9 Å². The van der Waals surface area contributed by atoms with Crippen LogP contribution in [0.5, 0.6) is 5.75 Å². The number of aromatic nitrogens is 2. The molecule has 1 aromatic heterocycles. The summed E-state index contributed by atoms with van der Waals surface area (Å²) in [4.78, 5) is 0. The van der Waals surface area contributed by atoms with Crippen LogP contribution in [0.15, 0.2) is 21.1 Å². The summed E-state index contributed by atoms with van der Waals surface area (Å²) < 4.78 is 3.29. The number of aromatic hydroxyl groups is 1. The smallest absolute Gasteiger partial charge is 0.143 e. The maximum atomic E-state index is 9.68. The largest absolute Gasteiger partial charge is 0.506 e. The number of phenols is 1. The second kappa shape index (κ2) is 6.28. The average Bonchev–Trinajstić information content (AvgIpc) is 2.62. The highest BCUT2D eigenvalue weighted by Gasteiger charge is 2.09. The molecule has 1 aromatic carbocycles. The molecule has 4 nitrogen and oxygen atoms in total. The number of aryl methyl sites for hydroxylation is 2.